The zero-order valence-electron chi connectivity index (χ0n) is 22.1. The molecule has 1 unspecified atom stereocenters. The van der Waals surface area contributed by atoms with Gasteiger partial charge in [-0.3, -0.25) is 9.52 Å². The minimum Gasteiger partial charge on any atom is -0.383 e. The Bertz CT molecular complexity index is 1760. The number of carbonyl (C=O) groups is 1. The molecular weight excluding hydrogens is 558 g/mol. The van der Waals surface area contributed by atoms with Gasteiger partial charge in [-0.25, -0.2) is 18.4 Å². The highest BCUT2D eigenvalue weighted by Crippen LogP contribution is 2.37. The van der Waals surface area contributed by atoms with Crippen LogP contribution in [-0.2, 0) is 21.2 Å². The van der Waals surface area contributed by atoms with Crippen LogP contribution in [0.1, 0.15) is 30.5 Å². The number of pyridine rings is 2. The summed E-state index contributed by atoms with van der Waals surface area (Å²) in [5.74, 6) is -0.252. The van der Waals surface area contributed by atoms with Gasteiger partial charge in [-0.2, -0.15) is 10.5 Å². The van der Waals surface area contributed by atoms with Crippen molar-refractivity contribution >= 4 is 45.0 Å². The number of thioether (sulfide) groups is 1. The number of nitrogens with zero attached hydrogens (tertiary/aromatic N) is 4. The normalized spacial score (nSPS) is 11.6. The van der Waals surface area contributed by atoms with Crippen molar-refractivity contribution in [3.8, 4) is 23.3 Å². The lowest BCUT2D eigenvalue weighted by Gasteiger charge is -2.16. The number of amides is 1. The Morgan fingerprint density at radius 2 is 1.71 bits per heavy atom. The fourth-order valence-corrected chi connectivity index (χ4v) is 5.81. The molecule has 0 aliphatic carbocycles. The third kappa shape index (κ3) is 6.64. The Balaban J connectivity index is 1.53. The van der Waals surface area contributed by atoms with Crippen LogP contribution in [0, 0.1) is 22.7 Å². The number of aryl methyl sites for hydroxylation is 1. The summed E-state index contributed by atoms with van der Waals surface area (Å²) in [4.78, 5) is 21.2. The first-order valence-electron chi connectivity index (χ1n) is 12.4. The van der Waals surface area contributed by atoms with Crippen LogP contribution >= 0.6 is 11.8 Å². The number of hydrogen-bond acceptors (Lipinski definition) is 9. The highest BCUT2D eigenvalue weighted by atomic mass is 32.2. The molecule has 0 saturated heterocycles. The van der Waals surface area contributed by atoms with Gasteiger partial charge in [-0.1, -0.05) is 49.0 Å². The minimum atomic E-state index is -3.87. The Labute approximate surface area is 242 Å². The molecule has 1 amide bonds. The van der Waals surface area contributed by atoms with Crippen molar-refractivity contribution in [3.63, 3.8) is 0 Å². The van der Waals surface area contributed by atoms with Crippen molar-refractivity contribution in [2.24, 2.45) is 0 Å². The molecule has 2 aromatic carbocycles. The summed E-state index contributed by atoms with van der Waals surface area (Å²) in [6.07, 6.45) is 2.31. The second-order valence-electron chi connectivity index (χ2n) is 8.80. The van der Waals surface area contributed by atoms with Gasteiger partial charge in [0.15, 0.2) is 0 Å². The average molecular weight is 584 g/mol. The van der Waals surface area contributed by atoms with E-state index in [1.807, 2.05) is 31.2 Å². The van der Waals surface area contributed by atoms with Crippen molar-refractivity contribution < 1.29 is 13.2 Å². The van der Waals surface area contributed by atoms with Gasteiger partial charge >= 0.3 is 0 Å². The molecule has 0 radical (unpaired) electrons. The lowest BCUT2D eigenvalue weighted by molar-refractivity contribution is -0.115. The van der Waals surface area contributed by atoms with E-state index in [2.05, 4.69) is 32.1 Å². The number of anilines is 3. The highest BCUT2D eigenvalue weighted by molar-refractivity contribution is 8.00. The molecule has 2 aromatic heterocycles. The first-order chi connectivity index (χ1) is 19.7. The Hall–Kier alpha value is -4.91. The molecule has 4 N–H and O–H groups in total. The summed E-state index contributed by atoms with van der Waals surface area (Å²) < 4.78 is 27.7. The largest absolute Gasteiger partial charge is 0.383 e. The topological polar surface area (TPSA) is 175 Å². The summed E-state index contributed by atoms with van der Waals surface area (Å²) in [7, 11) is -3.87. The molecule has 206 valence electrons. The number of nitrogens with two attached hydrogens (primary N) is 1. The van der Waals surface area contributed by atoms with E-state index in [1.54, 1.807) is 19.1 Å². The minimum absolute atomic E-state index is 0.000931. The van der Waals surface area contributed by atoms with E-state index in [1.165, 1.54) is 36.5 Å². The van der Waals surface area contributed by atoms with Crippen LogP contribution in [-0.4, -0.2) is 29.5 Å². The lowest BCUT2D eigenvalue weighted by atomic mass is 9.96. The fourth-order valence-electron chi connectivity index (χ4n) is 3.88. The smallest absolute Gasteiger partial charge is 0.263 e. The van der Waals surface area contributed by atoms with Gasteiger partial charge in [-0.05, 0) is 60.9 Å². The maximum atomic E-state index is 13.0. The highest BCUT2D eigenvalue weighted by Gasteiger charge is 2.24. The number of carbonyl (C=O) groups excluding carboxylic acids is 1. The SMILES string of the molecule is CCc1ccc(-c2c(C#N)c(N)nc(SC(C)C(=O)Nc3ccc(S(=O)(=O)Nc4ccccn4)cc3)c2C#N)cc1. The predicted molar refractivity (Wildman–Crippen MR) is 158 cm³/mol. The van der Waals surface area contributed by atoms with Crippen molar-refractivity contribution in [2.45, 2.75) is 35.4 Å². The fraction of sp³-hybridized carbons (Fsp3) is 0.138. The summed E-state index contributed by atoms with van der Waals surface area (Å²) in [5.41, 5.74) is 8.86. The second kappa shape index (κ2) is 12.5. The Kier molecular flexibility index (Phi) is 8.87. The summed E-state index contributed by atoms with van der Waals surface area (Å²) in [6.45, 7) is 3.67. The summed E-state index contributed by atoms with van der Waals surface area (Å²) >= 11 is 1.03. The van der Waals surface area contributed by atoms with Gasteiger partial charge in [0, 0.05) is 17.4 Å². The number of sulfonamides is 1. The van der Waals surface area contributed by atoms with Crippen molar-refractivity contribution in [3.05, 3.63) is 89.6 Å². The van der Waals surface area contributed by atoms with E-state index in [4.69, 9.17) is 5.73 Å². The van der Waals surface area contributed by atoms with Crippen LogP contribution in [0.25, 0.3) is 11.1 Å². The molecule has 0 aliphatic rings. The van der Waals surface area contributed by atoms with Crippen LogP contribution < -0.4 is 15.8 Å². The third-order valence-electron chi connectivity index (χ3n) is 6.06. The molecule has 4 aromatic rings. The van der Waals surface area contributed by atoms with Gasteiger partial charge < -0.3 is 11.1 Å². The molecule has 2 heterocycles. The number of benzene rings is 2. The molecule has 0 bridgehead atoms. The van der Waals surface area contributed by atoms with Crippen LogP contribution in [0.2, 0.25) is 0 Å². The second-order valence-corrected chi connectivity index (χ2v) is 11.8. The van der Waals surface area contributed by atoms with Crippen LogP contribution in [0.5, 0.6) is 0 Å². The molecule has 41 heavy (non-hydrogen) atoms. The molecule has 0 aliphatic heterocycles. The molecule has 0 spiro atoms. The van der Waals surface area contributed by atoms with E-state index in [9.17, 15) is 23.7 Å². The molecule has 12 heteroatoms. The Morgan fingerprint density at radius 1 is 1.02 bits per heavy atom. The molecule has 10 nitrogen and oxygen atoms in total. The summed E-state index contributed by atoms with van der Waals surface area (Å²) in [6, 6.07) is 22.2. The molecule has 0 saturated carbocycles. The standard InChI is InChI=1S/C29H25N7O3S2/c1-3-19-7-9-20(10-8-19)26-23(16-30)27(32)35-29(24(26)17-31)40-18(2)28(37)34-21-11-13-22(14-12-21)41(38,39)36-25-6-4-5-15-33-25/h4-15,18H,3H2,1-2H3,(H2,32,35)(H,33,36)(H,34,37). The number of nitriles is 2. The summed E-state index contributed by atoms with van der Waals surface area (Å²) in [5, 5.41) is 22.0. The molecule has 1 atom stereocenters. The zero-order chi connectivity index (χ0) is 29.6. The predicted octanol–water partition coefficient (Wildman–Crippen LogP) is 4.95. The van der Waals surface area contributed by atoms with Crippen LogP contribution in [0.3, 0.4) is 0 Å². The number of hydrogen-bond donors (Lipinski definition) is 3. The number of aromatic nitrogens is 2. The van der Waals surface area contributed by atoms with E-state index in [0.29, 0.717) is 16.8 Å². The average Bonchev–Trinajstić information content (AvgIpc) is 2.97. The maximum Gasteiger partial charge on any atom is 0.263 e. The zero-order valence-corrected chi connectivity index (χ0v) is 23.8. The van der Waals surface area contributed by atoms with E-state index in [0.717, 1.165) is 23.7 Å². The van der Waals surface area contributed by atoms with Gasteiger partial charge in [-0.15, -0.1) is 0 Å². The first kappa shape index (κ1) is 29.1. The quantitative estimate of drug-likeness (QED) is 0.230. The van der Waals surface area contributed by atoms with Crippen LogP contribution in [0.15, 0.2) is 82.8 Å². The van der Waals surface area contributed by atoms with Crippen molar-refractivity contribution in [1.82, 2.24) is 9.97 Å². The number of nitrogens with one attached hydrogen (secondary N) is 2. The maximum absolute atomic E-state index is 13.0. The lowest BCUT2D eigenvalue weighted by Crippen LogP contribution is -2.23. The van der Waals surface area contributed by atoms with Crippen molar-refractivity contribution in [2.75, 3.05) is 15.8 Å². The van der Waals surface area contributed by atoms with E-state index < -0.39 is 21.2 Å². The molecule has 0 fully saturated rings. The monoisotopic (exact) mass is 583 g/mol. The van der Waals surface area contributed by atoms with Gasteiger partial charge in [0.25, 0.3) is 10.0 Å². The van der Waals surface area contributed by atoms with Gasteiger partial charge in [0.05, 0.1) is 15.7 Å². The van der Waals surface area contributed by atoms with Crippen LogP contribution in [0.4, 0.5) is 17.3 Å². The van der Waals surface area contributed by atoms with Gasteiger partial charge in [0.1, 0.15) is 34.4 Å². The van der Waals surface area contributed by atoms with Gasteiger partial charge in [0.2, 0.25) is 5.91 Å². The first-order valence-corrected chi connectivity index (χ1v) is 14.8. The molecular formula is C29H25N7O3S2. The van der Waals surface area contributed by atoms with E-state index >= 15 is 0 Å². The Morgan fingerprint density at radius 3 is 2.29 bits per heavy atom. The number of nitrogen functional groups attached to an aromatic ring is 1. The van der Waals surface area contributed by atoms with E-state index in [-0.39, 0.29) is 32.7 Å². The van der Waals surface area contributed by atoms with Crippen molar-refractivity contribution in [1.29, 1.82) is 10.5 Å². The number of rotatable bonds is 9. The molecule has 4 rings (SSSR count). The third-order valence-corrected chi connectivity index (χ3v) is 8.52.